The fraction of sp³-hybridized carbons (Fsp3) is 0.450. The quantitative estimate of drug-likeness (QED) is 0.535. The summed E-state index contributed by atoms with van der Waals surface area (Å²) in [5.41, 5.74) is -1.14. The third-order valence-corrected chi connectivity index (χ3v) is 5.28. The molecule has 2 N–H and O–H groups in total. The van der Waals surface area contributed by atoms with E-state index in [0.29, 0.717) is 0 Å². The second-order valence-corrected chi connectivity index (χ2v) is 7.46. The Morgan fingerprint density at radius 1 is 1.19 bits per heavy atom. The van der Waals surface area contributed by atoms with Crippen LogP contribution in [0.2, 0.25) is 0 Å². The van der Waals surface area contributed by atoms with Gasteiger partial charge in [-0.1, -0.05) is 0 Å². The molecule has 1 aromatic heterocycles. The van der Waals surface area contributed by atoms with Gasteiger partial charge in [-0.05, 0) is 24.3 Å². The number of anilines is 1. The number of ether oxygens (including phenoxy) is 2. The second kappa shape index (κ2) is 8.24. The van der Waals surface area contributed by atoms with E-state index in [1.54, 1.807) is 0 Å². The average Bonchev–Trinajstić information content (AvgIpc) is 3.05. The Labute approximate surface area is 178 Å². The number of fused-ring (bicyclic) bond motifs is 3. The first-order chi connectivity index (χ1) is 15.1. The van der Waals surface area contributed by atoms with E-state index >= 15 is 8.78 Å². The number of aliphatic hydroxyl groups is 1. The van der Waals surface area contributed by atoms with Gasteiger partial charge in [-0.15, -0.1) is 0 Å². The summed E-state index contributed by atoms with van der Waals surface area (Å²) < 4.78 is 85.7. The Bertz CT molecular complexity index is 1030. The van der Waals surface area contributed by atoms with E-state index < -0.39 is 48.9 Å². The highest BCUT2D eigenvalue weighted by Crippen LogP contribution is 2.40. The Kier molecular flexibility index (Phi) is 5.76. The van der Waals surface area contributed by atoms with Crippen LogP contribution in [-0.2, 0) is 15.7 Å². The fourth-order valence-corrected chi connectivity index (χ4v) is 3.71. The Hall–Kier alpha value is -2.86. The van der Waals surface area contributed by atoms with Crippen LogP contribution in [0.25, 0.3) is 11.0 Å². The number of benzene rings is 1. The largest absolute Gasteiger partial charge is 0.516 e. The van der Waals surface area contributed by atoms with Crippen molar-refractivity contribution in [2.24, 2.45) is 0 Å². The lowest BCUT2D eigenvalue weighted by molar-refractivity contribution is -0.203. The van der Waals surface area contributed by atoms with Crippen LogP contribution >= 0.6 is 0 Å². The van der Waals surface area contributed by atoms with Gasteiger partial charge in [-0.2, -0.15) is 13.2 Å². The molecule has 1 amide bonds. The maximum absolute atomic E-state index is 15.1. The highest BCUT2D eigenvalue weighted by molar-refractivity contribution is 6.07. The molecule has 12 heteroatoms. The lowest BCUT2D eigenvalue weighted by atomic mass is 10.1. The molecule has 0 radical (unpaired) electrons. The first-order valence-corrected chi connectivity index (χ1v) is 9.69. The lowest BCUT2D eigenvalue weighted by Gasteiger charge is -2.36. The molecule has 1 aromatic carbocycles. The van der Waals surface area contributed by atoms with E-state index in [4.69, 9.17) is 19.0 Å². The third-order valence-electron chi connectivity index (χ3n) is 5.28. The molecule has 2 aromatic rings. The van der Waals surface area contributed by atoms with Crippen molar-refractivity contribution in [3.63, 3.8) is 0 Å². The lowest BCUT2D eigenvalue weighted by Crippen LogP contribution is -2.52. The van der Waals surface area contributed by atoms with Crippen LogP contribution in [0, 0.1) is 0 Å². The van der Waals surface area contributed by atoms with Crippen molar-refractivity contribution < 1.29 is 45.7 Å². The van der Waals surface area contributed by atoms with Crippen LogP contribution in [0.4, 0.5) is 27.6 Å². The molecule has 0 saturated carbocycles. The Morgan fingerprint density at radius 2 is 1.97 bits per heavy atom. The second-order valence-electron chi connectivity index (χ2n) is 7.46. The zero-order valence-corrected chi connectivity index (χ0v) is 16.5. The number of rotatable bonds is 4. The van der Waals surface area contributed by atoms with Crippen LogP contribution in [-0.4, -0.2) is 62.0 Å². The van der Waals surface area contributed by atoms with Crippen molar-refractivity contribution in [1.29, 1.82) is 0 Å². The van der Waals surface area contributed by atoms with Crippen molar-refractivity contribution in [3.05, 3.63) is 41.9 Å². The van der Waals surface area contributed by atoms with Crippen molar-refractivity contribution in [2.75, 3.05) is 37.7 Å². The van der Waals surface area contributed by atoms with Crippen molar-refractivity contribution in [1.82, 2.24) is 5.32 Å². The van der Waals surface area contributed by atoms with E-state index in [0.717, 1.165) is 29.4 Å². The summed E-state index contributed by atoms with van der Waals surface area (Å²) in [5, 5.41) is 11.2. The number of alkyl halides is 5. The number of nitrogens with one attached hydrogen (secondary N) is 1. The van der Waals surface area contributed by atoms with E-state index in [9.17, 15) is 18.0 Å². The van der Waals surface area contributed by atoms with E-state index in [1.165, 1.54) is 6.08 Å². The Morgan fingerprint density at radius 3 is 2.62 bits per heavy atom. The first kappa shape index (κ1) is 22.3. The van der Waals surface area contributed by atoms with Gasteiger partial charge in [0.1, 0.15) is 17.8 Å². The predicted molar refractivity (Wildman–Crippen MR) is 102 cm³/mol. The number of hydrogen-bond acceptors (Lipinski definition) is 6. The van der Waals surface area contributed by atoms with Crippen LogP contribution in [0.15, 0.2) is 35.0 Å². The smallest absolute Gasteiger partial charge is 0.416 e. The number of furan rings is 1. The topological polar surface area (TPSA) is 84.2 Å². The summed E-state index contributed by atoms with van der Waals surface area (Å²) in [6.07, 6.45) is -4.97. The molecular formula is C20H19F5N2O5. The van der Waals surface area contributed by atoms with Crippen LogP contribution < -0.4 is 10.2 Å². The summed E-state index contributed by atoms with van der Waals surface area (Å²) in [6.45, 7) is -1.68. The SMILES string of the molecule is O=C1NCCN(CC(F)(F)[C@H]2COC(/C=C/O)CO2)c2c1oc1ccc(C(F)(F)F)cc21. The standard InChI is InChI=1S/C20H19F5N2O5/c21-19(22,15-9-30-12(3-6-28)8-31-15)10-27-5-4-26-18(29)17-16(27)13-7-11(20(23,24)25)1-2-14(13)32-17/h1-3,6-7,12,15,28H,4-5,8-10H2,(H,26,29)/b6-3+/t12?,15-/m1/s1. The van der Waals surface area contributed by atoms with Gasteiger partial charge in [0.2, 0.25) is 5.76 Å². The minimum Gasteiger partial charge on any atom is -0.516 e. The number of carbonyl (C=O) groups is 1. The van der Waals surface area contributed by atoms with Crippen LogP contribution in [0.3, 0.4) is 0 Å². The number of halogens is 5. The number of amides is 1. The zero-order valence-electron chi connectivity index (χ0n) is 16.5. The summed E-state index contributed by atoms with van der Waals surface area (Å²) >= 11 is 0. The van der Waals surface area contributed by atoms with Crippen molar-refractivity contribution in [2.45, 2.75) is 24.3 Å². The average molecular weight is 462 g/mol. The van der Waals surface area contributed by atoms with Gasteiger partial charge in [0.05, 0.1) is 37.3 Å². The van der Waals surface area contributed by atoms with Crippen LogP contribution in [0.5, 0.6) is 0 Å². The molecule has 0 spiro atoms. The predicted octanol–water partition coefficient (Wildman–Crippen LogP) is 3.49. The van der Waals surface area contributed by atoms with E-state index in [2.05, 4.69) is 5.32 Å². The fourth-order valence-electron chi connectivity index (χ4n) is 3.71. The minimum atomic E-state index is -4.66. The molecule has 1 fully saturated rings. The van der Waals surface area contributed by atoms with Gasteiger partial charge >= 0.3 is 6.18 Å². The highest BCUT2D eigenvalue weighted by Gasteiger charge is 2.46. The summed E-state index contributed by atoms with van der Waals surface area (Å²) in [4.78, 5) is 13.5. The number of aliphatic hydroxyl groups excluding tert-OH is 1. The van der Waals surface area contributed by atoms with E-state index in [1.807, 2.05) is 0 Å². The molecule has 4 rings (SSSR count). The highest BCUT2D eigenvalue weighted by atomic mass is 19.4. The molecule has 7 nitrogen and oxygen atoms in total. The number of nitrogens with zero attached hydrogens (tertiary/aromatic N) is 1. The molecule has 32 heavy (non-hydrogen) atoms. The van der Waals surface area contributed by atoms with Gasteiger partial charge in [-0.25, -0.2) is 8.78 Å². The zero-order chi connectivity index (χ0) is 23.1. The molecule has 0 aliphatic carbocycles. The summed E-state index contributed by atoms with van der Waals surface area (Å²) in [5.74, 6) is -4.50. The molecule has 2 aliphatic rings. The molecule has 174 valence electrons. The Balaban J connectivity index is 1.67. The molecule has 2 aliphatic heterocycles. The monoisotopic (exact) mass is 462 g/mol. The molecule has 1 saturated heterocycles. The summed E-state index contributed by atoms with van der Waals surface area (Å²) in [7, 11) is 0. The van der Waals surface area contributed by atoms with Gasteiger partial charge in [0.25, 0.3) is 11.8 Å². The van der Waals surface area contributed by atoms with Gasteiger partial charge in [-0.3, -0.25) is 4.79 Å². The minimum absolute atomic E-state index is 0.00897. The third kappa shape index (κ3) is 4.24. The molecule has 3 heterocycles. The first-order valence-electron chi connectivity index (χ1n) is 9.69. The van der Waals surface area contributed by atoms with Gasteiger partial charge in [0.15, 0.2) is 0 Å². The number of hydrogen-bond donors (Lipinski definition) is 2. The van der Waals surface area contributed by atoms with E-state index in [-0.39, 0.29) is 42.1 Å². The molecular weight excluding hydrogens is 443 g/mol. The molecule has 2 atom stereocenters. The van der Waals surface area contributed by atoms with Gasteiger partial charge in [0, 0.05) is 18.5 Å². The van der Waals surface area contributed by atoms with Crippen molar-refractivity contribution in [3.8, 4) is 0 Å². The summed E-state index contributed by atoms with van der Waals surface area (Å²) in [6, 6.07) is 2.64. The molecule has 0 bridgehead atoms. The normalized spacial score (nSPS) is 22.8. The maximum atomic E-state index is 15.1. The van der Waals surface area contributed by atoms with Crippen molar-refractivity contribution >= 4 is 22.6 Å². The maximum Gasteiger partial charge on any atom is 0.416 e. The number of carbonyl (C=O) groups excluding carboxylic acids is 1. The van der Waals surface area contributed by atoms with Gasteiger partial charge < -0.3 is 29.2 Å². The molecule has 1 unspecified atom stereocenters. The van der Waals surface area contributed by atoms with Crippen LogP contribution in [0.1, 0.15) is 16.1 Å².